The molecule has 0 spiro atoms. The maximum atomic E-state index is 14.5. The first-order valence-electron chi connectivity index (χ1n) is 10.7. The number of likely N-dealkylation sites (tertiary alicyclic amines) is 1. The fraction of sp³-hybridized carbons (Fsp3) is 0.391. The summed E-state index contributed by atoms with van der Waals surface area (Å²) < 4.78 is 52.6. The molecule has 10 heteroatoms. The van der Waals surface area contributed by atoms with Gasteiger partial charge in [-0.1, -0.05) is 0 Å². The van der Waals surface area contributed by atoms with Gasteiger partial charge in [-0.05, 0) is 18.2 Å². The average Bonchev–Trinajstić information content (AvgIpc) is 2.91. The Hall–Kier alpha value is -3.43. The maximum Gasteiger partial charge on any atom is 0.256 e. The molecule has 3 aliphatic rings. The van der Waals surface area contributed by atoms with Crippen LogP contribution in [0.2, 0.25) is 0 Å². The van der Waals surface area contributed by atoms with Crippen molar-refractivity contribution >= 4 is 23.1 Å². The zero-order chi connectivity index (χ0) is 23.1. The SMILES string of the molecule is O=C1CNc2cc(C(=O)N3CC(COc4ccc(N5CC(F)C5)cc4F)C3)c(F)cc2OC1. The lowest BCUT2D eigenvalue weighted by molar-refractivity contribution is -0.119. The number of nitrogens with zero attached hydrogens (tertiary/aromatic N) is 2. The van der Waals surface area contributed by atoms with Gasteiger partial charge in [0.15, 0.2) is 17.3 Å². The number of carbonyl (C=O) groups excluding carboxylic acids is 2. The predicted octanol–water partition coefficient (Wildman–Crippen LogP) is 2.65. The van der Waals surface area contributed by atoms with Gasteiger partial charge in [-0.2, -0.15) is 0 Å². The van der Waals surface area contributed by atoms with E-state index in [1.807, 2.05) is 0 Å². The number of nitrogens with one attached hydrogen (secondary N) is 1. The molecular weight excluding hydrogens is 439 g/mol. The summed E-state index contributed by atoms with van der Waals surface area (Å²) in [6.45, 7) is 1.32. The van der Waals surface area contributed by atoms with E-state index in [4.69, 9.17) is 9.47 Å². The van der Waals surface area contributed by atoms with E-state index in [1.165, 1.54) is 23.1 Å². The molecule has 2 aromatic carbocycles. The van der Waals surface area contributed by atoms with Gasteiger partial charge in [0, 0.05) is 36.8 Å². The van der Waals surface area contributed by atoms with E-state index in [0.717, 1.165) is 6.07 Å². The van der Waals surface area contributed by atoms with Crippen molar-refractivity contribution < 1.29 is 32.2 Å². The first kappa shape index (κ1) is 21.4. The van der Waals surface area contributed by atoms with Gasteiger partial charge in [-0.25, -0.2) is 13.2 Å². The van der Waals surface area contributed by atoms with Crippen molar-refractivity contribution in [2.75, 3.05) is 56.2 Å². The number of ketones is 1. The van der Waals surface area contributed by atoms with Crippen LogP contribution in [0.15, 0.2) is 30.3 Å². The molecule has 0 atom stereocenters. The Morgan fingerprint density at radius 1 is 1.12 bits per heavy atom. The standard InChI is InChI=1S/C23H22F3N3O4/c24-14-9-28(10-14)15-1-2-21(19(26)3-15)32-11-13-7-29(8-13)23(31)17-4-20-22(5-18(17)25)33-12-16(30)6-27-20/h1-5,13-14,27H,6-12H2. The van der Waals surface area contributed by atoms with Crippen molar-refractivity contribution in [3.63, 3.8) is 0 Å². The fourth-order valence-corrected chi connectivity index (χ4v) is 4.04. The smallest absolute Gasteiger partial charge is 0.256 e. The second-order valence-corrected chi connectivity index (χ2v) is 8.51. The molecular formula is C23H22F3N3O4. The number of benzene rings is 2. The summed E-state index contributed by atoms with van der Waals surface area (Å²) in [6.07, 6.45) is -0.874. The molecule has 3 heterocycles. The highest BCUT2D eigenvalue weighted by atomic mass is 19.1. The predicted molar refractivity (Wildman–Crippen MR) is 114 cm³/mol. The molecule has 0 radical (unpaired) electrons. The second kappa shape index (κ2) is 8.49. The summed E-state index contributed by atoms with van der Waals surface area (Å²) >= 11 is 0. The third kappa shape index (κ3) is 4.29. The Bertz CT molecular complexity index is 1100. The van der Waals surface area contributed by atoms with Crippen LogP contribution in [-0.2, 0) is 4.79 Å². The van der Waals surface area contributed by atoms with Gasteiger partial charge in [0.1, 0.15) is 24.3 Å². The number of fused-ring (bicyclic) bond motifs is 1. The van der Waals surface area contributed by atoms with Crippen LogP contribution in [0.1, 0.15) is 10.4 Å². The number of rotatable bonds is 5. The fourth-order valence-electron chi connectivity index (χ4n) is 4.04. The largest absolute Gasteiger partial charge is 0.490 e. The summed E-state index contributed by atoms with van der Waals surface area (Å²) in [5.74, 6) is -1.63. The lowest BCUT2D eigenvalue weighted by Crippen LogP contribution is -2.52. The Kier molecular flexibility index (Phi) is 5.51. The third-order valence-electron chi connectivity index (χ3n) is 6.00. The minimum atomic E-state index is -0.874. The van der Waals surface area contributed by atoms with Crippen LogP contribution < -0.4 is 19.7 Å². The maximum absolute atomic E-state index is 14.5. The second-order valence-electron chi connectivity index (χ2n) is 8.51. The highest BCUT2D eigenvalue weighted by Gasteiger charge is 2.34. The molecule has 0 aliphatic carbocycles. The van der Waals surface area contributed by atoms with Gasteiger partial charge in [0.2, 0.25) is 0 Å². The van der Waals surface area contributed by atoms with E-state index in [-0.39, 0.29) is 61.6 Å². The lowest BCUT2D eigenvalue weighted by Gasteiger charge is -2.39. The third-order valence-corrected chi connectivity index (χ3v) is 6.00. The lowest BCUT2D eigenvalue weighted by atomic mass is 9.99. The van der Waals surface area contributed by atoms with E-state index in [0.29, 0.717) is 24.5 Å². The van der Waals surface area contributed by atoms with Crippen molar-refractivity contribution in [3.8, 4) is 11.5 Å². The van der Waals surface area contributed by atoms with E-state index >= 15 is 0 Å². The molecule has 7 nitrogen and oxygen atoms in total. The minimum Gasteiger partial charge on any atom is -0.490 e. The molecule has 0 saturated carbocycles. The highest BCUT2D eigenvalue weighted by Crippen LogP contribution is 2.32. The van der Waals surface area contributed by atoms with Crippen molar-refractivity contribution in [1.29, 1.82) is 0 Å². The van der Waals surface area contributed by atoms with Gasteiger partial charge in [0.25, 0.3) is 5.91 Å². The van der Waals surface area contributed by atoms with Crippen molar-refractivity contribution in [1.82, 2.24) is 4.90 Å². The Labute approximate surface area is 188 Å². The van der Waals surface area contributed by atoms with Gasteiger partial charge in [0.05, 0.1) is 37.5 Å². The summed E-state index contributed by atoms with van der Waals surface area (Å²) in [7, 11) is 0. The first-order valence-corrected chi connectivity index (χ1v) is 10.7. The number of amides is 1. The molecule has 2 saturated heterocycles. The Morgan fingerprint density at radius 3 is 2.64 bits per heavy atom. The number of hydrogen-bond donors (Lipinski definition) is 1. The summed E-state index contributed by atoms with van der Waals surface area (Å²) in [5, 5.41) is 2.86. The van der Waals surface area contributed by atoms with Crippen LogP contribution in [0.5, 0.6) is 11.5 Å². The topological polar surface area (TPSA) is 71.1 Å². The molecule has 1 N–H and O–H groups in total. The zero-order valence-corrected chi connectivity index (χ0v) is 17.7. The average molecular weight is 461 g/mol. The van der Waals surface area contributed by atoms with E-state index in [9.17, 15) is 22.8 Å². The molecule has 0 unspecified atom stereocenters. The van der Waals surface area contributed by atoms with Crippen molar-refractivity contribution in [2.24, 2.45) is 5.92 Å². The number of alkyl halides is 1. The monoisotopic (exact) mass is 461 g/mol. The summed E-state index contributed by atoms with van der Waals surface area (Å²) in [4.78, 5) is 27.5. The Morgan fingerprint density at radius 2 is 1.91 bits per heavy atom. The number of carbonyl (C=O) groups is 2. The zero-order valence-electron chi connectivity index (χ0n) is 17.7. The van der Waals surface area contributed by atoms with Crippen molar-refractivity contribution in [3.05, 3.63) is 47.5 Å². The number of hydrogen-bond acceptors (Lipinski definition) is 6. The Balaban J connectivity index is 1.15. The molecule has 1 amide bonds. The number of Topliss-reactive ketones (excluding diaryl/α,β-unsaturated/α-hetero) is 1. The molecule has 174 valence electrons. The quantitative estimate of drug-likeness (QED) is 0.739. The van der Waals surface area contributed by atoms with Gasteiger partial charge < -0.3 is 24.6 Å². The van der Waals surface area contributed by atoms with Crippen molar-refractivity contribution in [2.45, 2.75) is 6.17 Å². The highest BCUT2D eigenvalue weighted by molar-refractivity contribution is 5.97. The first-order chi connectivity index (χ1) is 15.9. The minimum absolute atomic E-state index is 0.0151. The van der Waals surface area contributed by atoms with Crippen LogP contribution in [0.3, 0.4) is 0 Å². The normalized spacial score (nSPS) is 18.5. The summed E-state index contributed by atoms with van der Waals surface area (Å²) in [5.41, 5.74) is 0.896. The van der Waals surface area contributed by atoms with Crippen LogP contribution in [0, 0.1) is 17.6 Å². The summed E-state index contributed by atoms with van der Waals surface area (Å²) in [6, 6.07) is 6.99. The van der Waals surface area contributed by atoms with Crippen LogP contribution in [-0.4, -0.2) is 68.7 Å². The molecule has 0 bridgehead atoms. The van der Waals surface area contributed by atoms with Gasteiger partial charge >= 0.3 is 0 Å². The number of ether oxygens (including phenoxy) is 2. The van der Waals surface area contributed by atoms with E-state index < -0.39 is 23.7 Å². The molecule has 3 aliphatic heterocycles. The molecule has 33 heavy (non-hydrogen) atoms. The van der Waals surface area contributed by atoms with Gasteiger partial charge in [-0.15, -0.1) is 0 Å². The molecule has 0 aromatic heterocycles. The molecule has 2 aromatic rings. The number of anilines is 2. The van der Waals surface area contributed by atoms with E-state index in [1.54, 1.807) is 11.0 Å². The number of halogens is 3. The van der Waals surface area contributed by atoms with Crippen LogP contribution >= 0.6 is 0 Å². The van der Waals surface area contributed by atoms with Crippen LogP contribution in [0.4, 0.5) is 24.5 Å². The van der Waals surface area contributed by atoms with E-state index in [2.05, 4.69) is 5.32 Å². The molecule has 5 rings (SSSR count). The molecule has 2 fully saturated rings. The van der Waals surface area contributed by atoms with Crippen LogP contribution in [0.25, 0.3) is 0 Å². The van der Waals surface area contributed by atoms with Gasteiger partial charge in [-0.3, -0.25) is 9.59 Å².